The lowest BCUT2D eigenvalue weighted by atomic mass is 10.2. The predicted octanol–water partition coefficient (Wildman–Crippen LogP) is 1.67. The molecule has 1 unspecified atom stereocenters. The van der Waals surface area contributed by atoms with Crippen molar-refractivity contribution >= 4 is 12.0 Å². The van der Waals surface area contributed by atoms with E-state index in [9.17, 15) is 14.0 Å². The molecule has 1 atom stereocenters. The zero-order valence-electron chi connectivity index (χ0n) is 12.6. The van der Waals surface area contributed by atoms with E-state index >= 15 is 0 Å². The van der Waals surface area contributed by atoms with Crippen molar-refractivity contribution in [3.05, 3.63) is 23.8 Å². The van der Waals surface area contributed by atoms with Crippen LogP contribution in [0.2, 0.25) is 0 Å². The topological polar surface area (TPSA) is 94.7 Å². The lowest BCUT2D eigenvalue weighted by Crippen LogP contribution is -2.55. The molecule has 1 aromatic rings. The van der Waals surface area contributed by atoms with Gasteiger partial charge in [-0.2, -0.15) is 4.39 Å². The Morgan fingerprint density at radius 2 is 2.09 bits per heavy atom. The fourth-order valence-corrected chi connectivity index (χ4v) is 1.81. The number of rotatable bonds is 3. The number of aromatic nitrogens is 1. The summed E-state index contributed by atoms with van der Waals surface area (Å²) >= 11 is 0. The summed E-state index contributed by atoms with van der Waals surface area (Å²) in [6.45, 7) is 5.74. The number of nitrogens with zero attached hydrogens (tertiary/aromatic N) is 2. The first kappa shape index (κ1) is 16.0. The van der Waals surface area contributed by atoms with Crippen molar-refractivity contribution in [1.82, 2.24) is 9.88 Å². The maximum atomic E-state index is 13.8. The molecule has 1 fully saturated rings. The highest BCUT2D eigenvalue weighted by Crippen LogP contribution is 2.26. The quantitative estimate of drug-likeness (QED) is 0.857. The smallest absolute Gasteiger partial charge is 0.413 e. The number of hydrogen-bond donors (Lipinski definition) is 1. The minimum absolute atomic E-state index is 0.150. The molecular weight excluding hydrogens is 293 g/mol. The molecule has 0 bridgehead atoms. The van der Waals surface area contributed by atoms with Gasteiger partial charge in [0.1, 0.15) is 11.3 Å². The Bertz CT molecular complexity index is 600. The van der Waals surface area contributed by atoms with Crippen LogP contribution in [0.5, 0.6) is 5.75 Å². The number of nitrogens with two attached hydrogens (primary N) is 1. The summed E-state index contributed by atoms with van der Waals surface area (Å²) in [7, 11) is 0. The van der Waals surface area contributed by atoms with Crippen LogP contribution in [-0.4, -0.2) is 40.3 Å². The number of primary amides is 1. The molecule has 0 radical (unpaired) electrons. The van der Waals surface area contributed by atoms with Crippen LogP contribution in [0.3, 0.4) is 0 Å². The molecule has 0 aliphatic carbocycles. The number of carbonyl (C=O) groups is 2. The highest BCUT2D eigenvalue weighted by molar-refractivity contribution is 5.90. The van der Waals surface area contributed by atoms with Gasteiger partial charge in [-0.05, 0) is 32.9 Å². The van der Waals surface area contributed by atoms with E-state index in [2.05, 4.69) is 4.98 Å². The highest BCUT2D eigenvalue weighted by Gasteiger charge is 2.37. The average Bonchev–Trinajstić information content (AvgIpc) is 2.33. The van der Waals surface area contributed by atoms with Crippen LogP contribution in [0, 0.1) is 5.95 Å². The van der Waals surface area contributed by atoms with Crippen molar-refractivity contribution in [3.63, 3.8) is 0 Å². The molecule has 0 spiro atoms. The maximum absolute atomic E-state index is 13.8. The fraction of sp³-hybridized carbons (Fsp3) is 0.500. The van der Waals surface area contributed by atoms with Gasteiger partial charge in [0.2, 0.25) is 0 Å². The second-order valence-corrected chi connectivity index (χ2v) is 5.88. The summed E-state index contributed by atoms with van der Waals surface area (Å²) in [6, 6.07) is 2.52. The molecule has 0 aromatic carbocycles. The third-order valence-corrected chi connectivity index (χ3v) is 2.92. The number of hydrogen-bond acceptors (Lipinski definition) is 5. The molecule has 1 aliphatic rings. The van der Waals surface area contributed by atoms with Crippen LogP contribution in [-0.2, 0) is 4.74 Å². The Hall–Kier alpha value is -2.38. The van der Waals surface area contributed by atoms with Crippen LogP contribution in [0.1, 0.15) is 37.7 Å². The van der Waals surface area contributed by atoms with E-state index in [1.54, 1.807) is 20.8 Å². The summed E-state index contributed by atoms with van der Waals surface area (Å²) in [5.41, 5.74) is 4.20. The van der Waals surface area contributed by atoms with Gasteiger partial charge in [-0.1, -0.05) is 0 Å². The van der Waals surface area contributed by atoms with Gasteiger partial charge >= 0.3 is 6.09 Å². The highest BCUT2D eigenvalue weighted by atomic mass is 19.1. The Labute approximate surface area is 127 Å². The van der Waals surface area contributed by atoms with Crippen LogP contribution in [0.15, 0.2) is 12.1 Å². The molecule has 2 N–H and O–H groups in total. The standard InChI is InChI=1S/C14H18FN3O4/c1-14(2,3)22-13(20)18-7-6-10(18)21-9-5-4-8(12(16)19)17-11(9)15/h4-5,10H,6-7H2,1-3H3,(H2,16,19). The normalized spacial score (nSPS) is 17.6. The van der Waals surface area contributed by atoms with Gasteiger partial charge in [0.25, 0.3) is 11.9 Å². The first-order valence-corrected chi connectivity index (χ1v) is 6.80. The second-order valence-electron chi connectivity index (χ2n) is 5.88. The Balaban J connectivity index is 2.02. The number of carbonyl (C=O) groups excluding carboxylic acids is 2. The van der Waals surface area contributed by atoms with Gasteiger partial charge in [0.15, 0.2) is 12.0 Å². The van der Waals surface area contributed by atoms with E-state index < -0.39 is 29.8 Å². The van der Waals surface area contributed by atoms with E-state index in [1.807, 2.05) is 0 Å². The third kappa shape index (κ3) is 3.63. The van der Waals surface area contributed by atoms with E-state index in [1.165, 1.54) is 17.0 Å². The van der Waals surface area contributed by atoms with Crippen molar-refractivity contribution in [1.29, 1.82) is 0 Å². The van der Waals surface area contributed by atoms with Gasteiger partial charge in [-0.15, -0.1) is 0 Å². The zero-order valence-corrected chi connectivity index (χ0v) is 12.6. The summed E-state index contributed by atoms with van der Waals surface area (Å²) < 4.78 is 24.4. The number of pyridine rings is 1. The third-order valence-electron chi connectivity index (χ3n) is 2.92. The van der Waals surface area contributed by atoms with Crippen LogP contribution >= 0.6 is 0 Å². The number of ether oxygens (including phenoxy) is 2. The number of likely N-dealkylation sites (tertiary alicyclic amines) is 1. The Morgan fingerprint density at radius 3 is 2.55 bits per heavy atom. The molecule has 2 amide bonds. The summed E-state index contributed by atoms with van der Waals surface area (Å²) in [4.78, 5) is 27.6. The average molecular weight is 311 g/mol. The van der Waals surface area contributed by atoms with Gasteiger partial charge < -0.3 is 15.2 Å². The van der Waals surface area contributed by atoms with Gasteiger partial charge in [-0.25, -0.2) is 9.78 Å². The summed E-state index contributed by atoms with van der Waals surface area (Å²) in [5.74, 6) is -1.93. The molecular formula is C14H18FN3O4. The first-order chi connectivity index (χ1) is 10.2. The van der Waals surface area contributed by atoms with E-state index in [0.717, 1.165) is 0 Å². The molecule has 1 aromatic heterocycles. The van der Waals surface area contributed by atoms with Crippen molar-refractivity contribution in [2.45, 2.75) is 39.0 Å². The molecule has 7 nitrogen and oxygen atoms in total. The van der Waals surface area contributed by atoms with Gasteiger partial charge in [0, 0.05) is 13.0 Å². The Morgan fingerprint density at radius 1 is 1.41 bits per heavy atom. The molecule has 0 saturated carbocycles. The number of amides is 2. The lowest BCUT2D eigenvalue weighted by molar-refractivity contribution is -0.0676. The van der Waals surface area contributed by atoms with E-state index in [-0.39, 0.29) is 11.4 Å². The molecule has 8 heteroatoms. The minimum Gasteiger partial charge on any atom is -0.465 e. The monoisotopic (exact) mass is 311 g/mol. The van der Waals surface area contributed by atoms with E-state index in [4.69, 9.17) is 15.2 Å². The molecule has 1 saturated heterocycles. The van der Waals surface area contributed by atoms with Crippen LogP contribution in [0.4, 0.5) is 9.18 Å². The molecule has 2 rings (SSSR count). The largest absolute Gasteiger partial charge is 0.465 e. The van der Waals surface area contributed by atoms with Crippen molar-refractivity contribution in [3.8, 4) is 5.75 Å². The maximum Gasteiger partial charge on any atom is 0.413 e. The molecule has 1 aliphatic heterocycles. The van der Waals surface area contributed by atoms with Crippen molar-refractivity contribution in [2.75, 3.05) is 6.54 Å². The molecule has 22 heavy (non-hydrogen) atoms. The second kappa shape index (κ2) is 5.78. The lowest BCUT2D eigenvalue weighted by Gasteiger charge is -2.40. The van der Waals surface area contributed by atoms with Crippen LogP contribution < -0.4 is 10.5 Å². The number of halogens is 1. The summed E-state index contributed by atoms with van der Waals surface area (Å²) in [6.07, 6.45) is -0.590. The van der Waals surface area contributed by atoms with E-state index in [0.29, 0.717) is 13.0 Å². The first-order valence-electron chi connectivity index (χ1n) is 6.80. The predicted molar refractivity (Wildman–Crippen MR) is 74.7 cm³/mol. The van der Waals surface area contributed by atoms with Crippen LogP contribution in [0.25, 0.3) is 0 Å². The van der Waals surface area contributed by atoms with Crippen molar-refractivity contribution < 1.29 is 23.5 Å². The molecule has 2 heterocycles. The molecule has 120 valence electrons. The fourth-order valence-electron chi connectivity index (χ4n) is 1.81. The van der Waals surface area contributed by atoms with Crippen molar-refractivity contribution in [2.24, 2.45) is 5.73 Å². The SMILES string of the molecule is CC(C)(C)OC(=O)N1CCC1Oc1ccc(C(N)=O)nc1F. The van der Waals surface area contributed by atoms with Gasteiger partial charge in [-0.3, -0.25) is 9.69 Å². The minimum atomic E-state index is -0.952. The summed E-state index contributed by atoms with van der Waals surface area (Å²) in [5, 5.41) is 0. The van der Waals surface area contributed by atoms with Gasteiger partial charge in [0.05, 0.1) is 0 Å². The Kier molecular flexibility index (Phi) is 4.20. The zero-order chi connectivity index (χ0) is 16.5.